The summed E-state index contributed by atoms with van der Waals surface area (Å²) in [5.41, 5.74) is 7.16. The molecule has 0 fully saturated rings. The van der Waals surface area contributed by atoms with Gasteiger partial charge in [0.15, 0.2) is 5.75 Å². The van der Waals surface area contributed by atoms with E-state index in [-0.39, 0.29) is 35.2 Å². The van der Waals surface area contributed by atoms with Gasteiger partial charge in [-0.1, -0.05) is 26.0 Å². The molecule has 0 amide bonds. The monoisotopic (exact) mass is 435 g/mol. The first-order valence-corrected chi connectivity index (χ1v) is 10.6. The van der Waals surface area contributed by atoms with Crippen molar-refractivity contribution in [3.8, 4) is 11.5 Å². The number of nitrogens with one attached hydrogen (secondary N) is 2. The number of carbonyl (C=O) groups excluding carboxylic acids is 1. The highest BCUT2D eigenvalue weighted by Gasteiger charge is 2.20. The maximum absolute atomic E-state index is 12.6. The average molecular weight is 436 g/mol. The average Bonchev–Trinajstić information content (AvgIpc) is 2.66. The van der Waals surface area contributed by atoms with Crippen molar-refractivity contribution in [3.05, 3.63) is 53.1 Å². The minimum absolute atomic E-state index is 0.0104. The Morgan fingerprint density at radius 3 is 2.53 bits per heavy atom. The van der Waals surface area contributed by atoms with Crippen LogP contribution in [-0.4, -0.2) is 31.9 Å². The molecule has 0 aliphatic rings. The van der Waals surface area contributed by atoms with Crippen molar-refractivity contribution in [2.24, 2.45) is 5.73 Å². The van der Waals surface area contributed by atoms with Gasteiger partial charge >= 0.3 is 5.97 Å². The topological polar surface area (TPSA) is 152 Å². The van der Waals surface area contributed by atoms with Gasteiger partial charge in [0, 0.05) is 24.6 Å². The Kier molecular flexibility index (Phi) is 7.41. The highest BCUT2D eigenvalue weighted by molar-refractivity contribution is 7.89. The molecule has 30 heavy (non-hydrogen) atoms. The third-order valence-corrected chi connectivity index (χ3v) is 5.74. The van der Waals surface area contributed by atoms with E-state index in [1.54, 1.807) is 12.1 Å². The Labute approximate surface area is 175 Å². The van der Waals surface area contributed by atoms with Gasteiger partial charge in [0.25, 0.3) is 0 Å². The number of nitrogen functional groups attached to an aromatic ring is 1. The van der Waals surface area contributed by atoms with Crippen LogP contribution >= 0.6 is 0 Å². The number of sulfonamides is 1. The van der Waals surface area contributed by atoms with Gasteiger partial charge in [-0.25, -0.2) is 17.9 Å². The van der Waals surface area contributed by atoms with Crippen LogP contribution in [0.15, 0.2) is 41.3 Å². The number of aromatic hydroxyl groups is 1. The van der Waals surface area contributed by atoms with Gasteiger partial charge in [-0.05, 0) is 42.2 Å². The van der Waals surface area contributed by atoms with E-state index in [2.05, 4.69) is 9.61 Å². The molecule has 2 rings (SSSR count). The maximum atomic E-state index is 12.6. The summed E-state index contributed by atoms with van der Waals surface area (Å²) in [6.45, 7) is 5.20. The van der Waals surface area contributed by atoms with Gasteiger partial charge in [-0.2, -0.15) is 0 Å². The predicted molar refractivity (Wildman–Crippen MR) is 111 cm³/mol. The fourth-order valence-corrected chi connectivity index (χ4v) is 3.76. The van der Waals surface area contributed by atoms with Crippen molar-refractivity contribution in [2.45, 2.75) is 38.0 Å². The van der Waals surface area contributed by atoms with E-state index in [1.807, 2.05) is 19.9 Å². The van der Waals surface area contributed by atoms with Crippen LogP contribution in [0.4, 0.5) is 0 Å². The number of hydrogen-bond donors (Lipinski definition) is 4. The number of phenolic OH excluding ortho intramolecular Hbond substituents is 1. The Morgan fingerprint density at radius 2 is 1.93 bits per heavy atom. The lowest BCUT2D eigenvalue weighted by Gasteiger charge is -2.14. The van der Waals surface area contributed by atoms with Crippen LogP contribution in [0, 0.1) is 5.41 Å². The molecular formula is C20H25N3O6S. The largest absolute Gasteiger partial charge is 0.507 e. The molecule has 0 heterocycles. The van der Waals surface area contributed by atoms with E-state index >= 15 is 0 Å². The number of carbonyl (C=O) groups is 1. The summed E-state index contributed by atoms with van der Waals surface area (Å²) in [6, 6.07) is 9.05. The quantitative estimate of drug-likeness (QED) is 0.204. The van der Waals surface area contributed by atoms with Crippen molar-refractivity contribution >= 4 is 21.8 Å². The zero-order valence-electron chi connectivity index (χ0n) is 16.9. The maximum Gasteiger partial charge on any atom is 0.352 e. The predicted octanol–water partition coefficient (Wildman–Crippen LogP) is 2.18. The number of rotatable bonds is 9. The van der Waals surface area contributed by atoms with Crippen LogP contribution in [0.25, 0.3) is 0 Å². The lowest BCUT2D eigenvalue weighted by molar-refractivity contribution is -0.211. The Morgan fingerprint density at radius 1 is 1.23 bits per heavy atom. The third-order valence-electron chi connectivity index (χ3n) is 4.25. The van der Waals surface area contributed by atoms with Crippen molar-refractivity contribution in [1.29, 1.82) is 5.41 Å². The lowest BCUT2D eigenvalue weighted by Crippen LogP contribution is -2.26. The molecule has 0 aliphatic heterocycles. The minimum Gasteiger partial charge on any atom is -0.507 e. The molecule has 0 unspecified atom stereocenters. The first kappa shape index (κ1) is 23.2. The van der Waals surface area contributed by atoms with Crippen molar-refractivity contribution in [2.75, 3.05) is 6.54 Å². The zero-order chi connectivity index (χ0) is 22.5. The summed E-state index contributed by atoms with van der Waals surface area (Å²) in [7, 11) is -4.06. The summed E-state index contributed by atoms with van der Waals surface area (Å²) >= 11 is 0. The molecule has 162 valence electrons. The number of amidine groups is 1. The SMILES string of the molecule is CC(=O)OOc1cc(C(C)C)ccc1CCNS(=O)(=O)c1cc(C(=N)N)ccc1O. The lowest BCUT2D eigenvalue weighted by atomic mass is 10.00. The molecule has 2 aromatic carbocycles. The van der Waals surface area contributed by atoms with E-state index in [0.717, 1.165) is 11.6 Å². The normalized spacial score (nSPS) is 11.3. The molecule has 0 bridgehead atoms. The van der Waals surface area contributed by atoms with Crippen LogP contribution in [0.5, 0.6) is 11.5 Å². The van der Waals surface area contributed by atoms with Crippen LogP contribution in [0.2, 0.25) is 0 Å². The molecule has 0 atom stereocenters. The Hall–Kier alpha value is -3.11. The highest BCUT2D eigenvalue weighted by atomic mass is 32.2. The van der Waals surface area contributed by atoms with E-state index < -0.39 is 21.7 Å². The zero-order valence-corrected chi connectivity index (χ0v) is 17.7. The Balaban J connectivity index is 2.18. The van der Waals surface area contributed by atoms with Gasteiger partial charge in [0.1, 0.15) is 16.5 Å². The van der Waals surface area contributed by atoms with E-state index in [1.165, 1.54) is 19.1 Å². The number of hydrogen-bond acceptors (Lipinski definition) is 7. The van der Waals surface area contributed by atoms with Crippen molar-refractivity contribution in [1.82, 2.24) is 4.72 Å². The fraction of sp³-hybridized carbons (Fsp3) is 0.300. The summed E-state index contributed by atoms with van der Waals surface area (Å²) in [5.74, 6) is -0.847. The fourth-order valence-electron chi connectivity index (χ4n) is 2.61. The summed E-state index contributed by atoms with van der Waals surface area (Å²) in [4.78, 5) is 20.4. The first-order chi connectivity index (χ1) is 14.0. The highest BCUT2D eigenvalue weighted by Crippen LogP contribution is 2.26. The van der Waals surface area contributed by atoms with Crippen LogP contribution in [0.1, 0.15) is 43.4 Å². The van der Waals surface area contributed by atoms with Gasteiger partial charge in [0.2, 0.25) is 10.0 Å². The minimum atomic E-state index is -4.06. The molecule has 0 saturated heterocycles. The van der Waals surface area contributed by atoms with Gasteiger partial charge in [0.05, 0.1) is 0 Å². The first-order valence-electron chi connectivity index (χ1n) is 9.16. The van der Waals surface area contributed by atoms with E-state index in [9.17, 15) is 18.3 Å². The van der Waals surface area contributed by atoms with Crippen LogP contribution < -0.4 is 15.3 Å². The van der Waals surface area contributed by atoms with Gasteiger partial charge in [-0.3, -0.25) is 15.2 Å². The molecule has 0 spiro atoms. The number of nitrogens with two attached hydrogens (primary N) is 1. The van der Waals surface area contributed by atoms with Crippen molar-refractivity contribution in [3.63, 3.8) is 0 Å². The molecule has 0 saturated carbocycles. The second-order valence-corrected chi connectivity index (χ2v) is 8.66. The standard InChI is InChI=1S/C20H25N3O6S/c1-12(2)15-5-4-14(18(10-15)29-28-13(3)24)8-9-23-30(26,27)19-11-16(20(21)22)6-7-17(19)25/h4-7,10-12,23,25H,8-9H2,1-3H3,(H3,21,22). The summed E-state index contributed by atoms with van der Waals surface area (Å²) < 4.78 is 27.6. The third kappa shape index (κ3) is 5.94. The molecular weight excluding hydrogens is 410 g/mol. The van der Waals surface area contributed by atoms with E-state index in [0.29, 0.717) is 11.3 Å². The Bertz CT molecular complexity index is 1050. The molecule has 5 N–H and O–H groups in total. The van der Waals surface area contributed by atoms with Crippen LogP contribution in [0.3, 0.4) is 0 Å². The second-order valence-electron chi connectivity index (χ2n) is 6.92. The molecule has 10 heteroatoms. The smallest absolute Gasteiger partial charge is 0.352 e. The molecule has 0 aliphatic carbocycles. The molecule has 2 aromatic rings. The molecule has 9 nitrogen and oxygen atoms in total. The molecule has 0 radical (unpaired) electrons. The summed E-state index contributed by atoms with van der Waals surface area (Å²) in [6.07, 6.45) is 0.237. The number of phenols is 1. The van der Waals surface area contributed by atoms with Gasteiger partial charge < -0.3 is 10.8 Å². The molecule has 0 aromatic heterocycles. The van der Waals surface area contributed by atoms with Crippen molar-refractivity contribution < 1.29 is 28.1 Å². The second kappa shape index (κ2) is 9.59. The van der Waals surface area contributed by atoms with Gasteiger partial charge in [-0.15, -0.1) is 0 Å². The number of benzene rings is 2. The van der Waals surface area contributed by atoms with Crippen LogP contribution in [-0.2, 0) is 26.1 Å². The van der Waals surface area contributed by atoms with E-state index in [4.69, 9.17) is 16.0 Å². The summed E-state index contributed by atoms with van der Waals surface area (Å²) in [5, 5.41) is 17.3.